The lowest BCUT2D eigenvalue weighted by Gasteiger charge is -2.54. The van der Waals surface area contributed by atoms with E-state index in [0.717, 1.165) is 0 Å². The normalized spacial score (nSPS) is 29.8. The maximum atomic E-state index is 12.9. The number of carbonyl (C=O) groups excluding carboxylic acids is 4. The van der Waals surface area contributed by atoms with Crippen LogP contribution in [0.4, 0.5) is 16.2 Å². The number of nitrogens with one attached hydrogen (secondary N) is 2. The second-order valence-corrected chi connectivity index (χ2v) is 6.91. The maximum Gasteiger partial charge on any atom is 0.328 e. The zero-order chi connectivity index (χ0) is 18.8. The average molecular weight is 358 g/mol. The van der Waals surface area contributed by atoms with Crippen LogP contribution in [0.1, 0.15) is 19.4 Å². The van der Waals surface area contributed by atoms with Gasteiger partial charge in [0, 0.05) is 17.8 Å². The lowest BCUT2D eigenvalue weighted by Crippen LogP contribution is -2.76. The van der Waals surface area contributed by atoms with Gasteiger partial charge in [-0.05, 0) is 37.6 Å². The minimum atomic E-state index is -1.68. The summed E-state index contributed by atoms with van der Waals surface area (Å²) in [4.78, 5) is 51.6. The Kier molecular flexibility index (Phi) is 3.35. The summed E-state index contributed by atoms with van der Waals surface area (Å²) in [5.41, 5.74) is 5.83. The van der Waals surface area contributed by atoms with Gasteiger partial charge in [0.25, 0.3) is 5.91 Å². The summed E-state index contributed by atoms with van der Waals surface area (Å²) < 4.78 is 5.70. The molecule has 0 saturated carbocycles. The van der Waals surface area contributed by atoms with Crippen LogP contribution in [-0.4, -0.2) is 42.0 Å². The highest BCUT2D eigenvalue weighted by atomic mass is 16.5. The van der Waals surface area contributed by atoms with Crippen molar-refractivity contribution in [2.24, 2.45) is 5.41 Å². The predicted molar refractivity (Wildman–Crippen MR) is 90.0 cm³/mol. The molecule has 9 nitrogen and oxygen atoms in total. The first-order valence-electron chi connectivity index (χ1n) is 8.29. The Morgan fingerprint density at radius 1 is 1.15 bits per heavy atom. The number of carbonyl (C=O) groups is 4. The molecular formula is C17H18N4O5. The van der Waals surface area contributed by atoms with Crippen molar-refractivity contribution >= 4 is 35.1 Å². The van der Waals surface area contributed by atoms with Gasteiger partial charge in [0.05, 0.1) is 12.1 Å². The van der Waals surface area contributed by atoms with Crippen molar-refractivity contribution in [1.29, 1.82) is 0 Å². The fourth-order valence-corrected chi connectivity index (χ4v) is 4.27. The quantitative estimate of drug-likeness (QED) is 0.431. The van der Waals surface area contributed by atoms with E-state index >= 15 is 0 Å². The second-order valence-electron chi connectivity index (χ2n) is 6.91. The molecular weight excluding hydrogens is 340 g/mol. The van der Waals surface area contributed by atoms with Crippen LogP contribution in [0.15, 0.2) is 18.2 Å². The van der Waals surface area contributed by atoms with Gasteiger partial charge in [-0.1, -0.05) is 0 Å². The van der Waals surface area contributed by atoms with Gasteiger partial charge in [-0.25, -0.2) is 4.79 Å². The molecule has 3 unspecified atom stereocenters. The Bertz CT molecular complexity index is 847. The molecule has 9 heteroatoms. The van der Waals surface area contributed by atoms with Gasteiger partial charge >= 0.3 is 6.03 Å². The number of barbiturate groups is 1. The molecule has 1 aromatic carbocycles. The first-order valence-corrected chi connectivity index (χ1v) is 8.29. The largest absolute Gasteiger partial charge is 0.399 e. The lowest BCUT2D eigenvalue weighted by atomic mass is 9.66. The molecule has 3 heterocycles. The summed E-state index contributed by atoms with van der Waals surface area (Å²) in [6.45, 7) is 3.33. The Morgan fingerprint density at radius 2 is 1.81 bits per heavy atom. The Morgan fingerprint density at radius 3 is 2.46 bits per heavy atom. The first kappa shape index (κ1) is 16.5. The van der Waals surface area contributed by atoms with E-state index in [4.69, 9.17) is 10.5 Å². The number of nitrogen functional groups attached to an aromatic ring is 1. The molecule has 3 aliphatic heterocycles. The molecule has 1 aromatic rings. The van der Waals surface area contributed by atoms with E-state index in [1.165, 1.54) is 4.90 Å². The third-order valence-corrected chi connectivity index (χ3v) is 5.33. The number of fused-ring (bicyclic) bond motifs is 4. The Labute approximate surface area is 148 Å². The number of morpholine rings is 1. The molecule has 0 radical (unpaired) electrons. The van der Waals surface area contributed by atoms with E-state index in [0.29, 0.717) is 16.9 Å². The second kappa shape index (κ2) is 5.28. The molecule has 26 heavy (non-hydrogen) atoms. The topological polar surface area (TPSA) is 131 Å². The fraction of sp³-hybridized carbons (Fsp3) is 0.412. The number of imide groups is 2. The summed E-state index contributed by atoms with van der Waals surface area (Å²) in [5.74, 6) is -1.84. The van der Waals surface area contributed by atoms with E-state index in [9.17, 15) is 19.2 Å². The van der Waals surface area contributed by atoms with Crippen molar-refractivity contribution in [1.82, 2.24) is 10.6 Å². The minimum Gasteiger partial charge on any atom is -0.399 e. The maximum absolute atomic E-state index is 12.9. The minimum absolute atomic E-state index is 0.00878. The van der Waals surface area contributed by atoms with Crippen LogP contribution >= 0.6 is 0 Å². The fourth-order valence-electron chi connectivity index (χ4n) is 4.27. The third-order valence-electron chi connectivity index (χ3n) is 5.33. The molecule has 4 rings (SSSR count). The molecule has 5 amide bonds. The number of hydrogen-bond acceptors (Lipinski definition) is 6. The van der Waals surface area contributed by atoms with Crippen molar-refractivity contribution in [2.45, 2.75) is 38.5 Å². The van der Waals surface area contributed by atoms with Crippen molar-refractivity contribution in [3.63, 3.8) is 0 Å². The molecule has 1 spiro atoms. The average Bonchev–Trinajstić information content (AvgIpc) is 2.56. The first-order chi connectivity index (χ1) is 12.3. The van der Waals surface area contributed by atoms with E-state index in [1.54, 1.807) is 32.0 Å². The van der Waals surface area contributed by atoms with Gasteiger partial charge in [0.1, 0.15) is 6.10 Å². The van der Waals surface area contributed by atoms with E-state index in [-0.39, 0.29) is 12.3 Å². The van der Waals surface area contributed by atoms with Gasteiger partial charge in [-0.2, -0.15) is 0 Å². The molecule has 0 aliphatic carbocycles. The smallest absolute Gasteiger partial charge is 0.328 e. The van der Waals surface area contributed by atoms with Crippen LogP contribution in [0.3, 0.4) is 0 Å². The monoisotopic (exact) mass is 358 g/mol. The van der Waals surface area contributed by atoms with E-state index in [2.05, 4.69) is 10.6 Å². The van der Waals surface area contributed by atoms with Crippen LogP contribution in [0, 0.1) is 5.41 Å². The zero-order valence-corrected chi connectivity index (χ0v) is 14.2. The van der Waals surface area contributed by atoms with Gasteiger partial charge in [0.15, 0.2) is 5.41 Å². The van der Waals surface area contributed by atoms with Crippen molar-refractivity contribution in [2.75, 3.05) is 10.6 Å². The molecule has 2 saturated heterocycles. The molecule has 3 atom stereocenters. The van der Waals surface area contributed by atoms with Crippen molar-refractivity contribution in [3.8, 4) is 0 Å². The van der Waals surface area contributed by atoms with E-state index < -0.39 is 41.5 Å². The SMILES string of the molecule is CC1OC(C)C2N(C1=O)c1ccc(N)cc1CC21C(=O)NC(=O)NC1=O. The highest BCUT2D eigenvalue weighted by Gasteiger charge is 2.64. The van der Waals surface area contributed by atoms with Crippen LogP contribution in [-0.2, 0) is 25.5 Å². The third kappa shape index (κ3) is 2.00. The zero-order valence-electron chi connectivity index (χ0n) is 14.2. The number of urea groups is 1. The standard InChI is InChI=1S/C17H18N4O5/c1-7-12-17(14(23)19-16(25)20-15(17)24)6-9-5-10(18)3-4-11(9)21(12)13(22)8(2)26-7/h3-5,7-8,12H,6,18H2,1-2H3,(H2,19,20,23,24,25). The van der Waals surface area contributed by atoms with Gasteiger partial charge < -0.3 is 15.4 Å². The predicted octanol–water partition coefficient (Wildman–Crippen LogP) is -0.314. The number of nitrogens with zero attached hydrogens (tertiary/aromatic N) is 1. The van der Waals surface area contributed by atoms with E-state index in [1.807, 2.05) is 0 Å². The highest BCUT2D eigenvalue weighted by Crippen LogP contribution is 2.47. The highest BCUT2D eigenvalue weighted by molar-refractivity contribution is 6.21. The Hall–Kier alpha value is -2.94. The van der Waals surface area contributed by atoms with Crippen LogP contribution in [0.25, 0.3) is 0 Å². The summed E-state index contributed by atoms with van der Waals surface area (Å²) in [6, 6.07) is 3.26. The van der Waals surface area contributed by atoms with Crippen LogP contribution in [0.5, 0.6) is 0 Å². The van der Waals surface area contributed by atoms with Crippen molar-refractivity contribution < 1.29 is 23.9 Å². The number of benzene rings is 1. The van der Waals surface area contributed by atoms with Gasteiger partial charge in [-0.3, -0.25) is 25.0 Å². The summed E-state index contributed by atoms with van der Waals surface area (Å²) in [5, 5.41) is 4.32. The molecule has 4 N–H and O–H groups in total. The number of nitrogens with two attached hydrogens (primary N) is 1. The molecule has 2 fully saturated rings. The number of hydrogen-bond donors (Lipinski definition) is 3. The molecule has 3 aliphatic rings. The number of amides is 5. The molecule has 136 valence electrons. The number of anilines is 2. The number of rotatable bonds is 0. The van der Waals surface area contributed by atoms with Crippen LogP contribution < -0.4 is 21.3 Å². The summed E-state index contributed by atoms with van der Waals surface area (Å²) in [7, 11) is 0. The van der Waals surface area contributed by atoms with Crippen LogP contribution in [0.2, 0.25) is 0 Å². The van der Waals surface area contributed by atoms with Crippen molar-refractivity contribution in [3.05, 3.63) is 23.8 Å². The summed E-state index contributed by atoms with van der Waals surface area (Å²) in [6.07, 6.45) is -1.31. The molecule has 0 aromatic heterocycles. The van der Waals surface area contributed by atoms with Gasteiger partial charge in [0.2, 0.25) is 11.8 Å². The summed E-state index contributed by atoms with van der Waals surface area (Å²) >= 11 is 0. The lowest BCUT2D eigenvalue weighted by molar-refractivity contribution is -0.159. The Balaban J connectivity index is 1.97. The van der Waals surface area contributed by atoms with Gasteiger partial charge in [-0.15, -0.1) is 0 Å². The number of ether oxygens (including phenoxy) is 1. The molecule has 0 bridgehead atoms.